The Bertz CT molecular complexity index is 774. The van der Waals surface area contributed by atoms with Crippen LogP contribution in [0.1, 0.15) is 24.2 Å². The highest BCUT2D eigenvalue weighted by molar-refractivity contribution is 5.96. The van der Waals surface area contributed by atoms with Gasteiger partial charge >= 0.3 is 0 Å². The Morgan fingerprint density at radius 3 is 2.88 bits per heavy atom. The fraction of sp³-hybridized carbons (Fsp3) is 0.421. The molecule has 1 unspecified atom stereocenters. The summed E-state index contributed by atoms with van der Waals surface area (Å²) in [6.07, 6.45) is 1.96. The second-order valence-electron chi connectivity index (χ2n) is 6.57. The molecule has 2 aromatic rings. The van der Waals surface area contributed by atoms with Crippen LogP contribution in [0.3, 0.4) is 0 Å². The van der Waals surface area contributed by atoms with Crippen LogP contribution in [0.15, 0.2) is 36.5 Å². The van der Waals surface area contributed by atoms with E-state index in [4.69, 9.17) is 4.74 Å². The summed E-state index contributed by atoms with van der Waals surface area (Å²) in [5.41, 5.74) is 2.25. The smallest absolute Gasteiger partial charge is 0.234 e. The van der Waals surface area contributed by atoms with E-state index in [2.05, 4.69) is 27.9 Å². The fourth-order valence-corrected chi connectivity index (χ4v) is 3.53. The van der Waals surface area contributed by atoms with Gasteiger partial charge in [-0.05, 0) is 17.7 Å². The van der Waals surface area contributed by atoms with Gasteiger partial charge in [-0.15, -0.1) is 0 Å². The van der Waals surface area contributed by atoms with Crippen molar-refractivity contribution in [1.29, 1.82) is 0 Å². The van der Waals surface area contributed by atoms with E-state index >= 15 is 0 Å². The number of benzene rings is 1. The summed E-state index contributed by atoms with van der Waals surface area (Å²) in [7, 11) is 0. The molecular formula is C19H22N4O2. The zero-order valence-corrected chi connectivity index (χ0v) is 14.4. The van der Waals surface area contributed by atoms with Crippen LogP contribution < -0.4 is 9.80 Å². The predicted molar refractivity (Wildman–Crippen MR) is 96.0 cm³/mol. The molecule has 6 nitrogen and oxygen atoms in total. The van der Waals surface area contributed by atoms with Gasteiger partial charge in [-0.1, -0.05) is 25.1 Å². The van der Waals surface area contributed by atoms with Crippen molar-refractivity contribution in [2.75, 3.05) is 42.6 Å². The third kappa shape index (κ3) is 3.22. The highest BCUT2D eigenvalue weighted by atomic mass is 16.5. The number of nitrogens with zero attached hydrogens (tertiary/aromatic N) is 4. The topological polar surface area (TPSA) is 58.6 Å². The van der Waals surface area contributed by atoms with Crippen LogP contribution in [0.25, 0.3) is 0 Å². The highest BCUT2D eigenvalue weighted by Crippen LogP contribution is 2.35. The first-order valence-corrected chi connectivity index (χ1v) is 8.76. The van der Waals surface area contributed by atoms with Gasteiger partial charge in [0.25, 0.3) is 0 Å². The van der Waals surface area contributed by atoms with Gasteiger partial charge in [-0.3, -0.25) is 4.79 Å². The molecule has 1 amide bonds. The first-order valence-electron chi connectivity index (χ1n) is 8.76. The maximum Gasteiger partial charge on any atom is 0.234 e. The largest absolute Gasteiger partial charge is 0.378 e. The van der Waals surface area contributed by atoms with Crippen molar-refractivity contribution in [3.63, 3.8) is 0 Å². The minimum atomic E-state index is 0.0518. The molecule has 3 heterocycles. The third-order valence-electron chi connectivity index (χ3n) is 4.85. The van der Waals surface area contributed by atoms with Crippen molar-refractivity contribution in [3.8, 4) is 0 Å². The van der Waals surface area contributed by atoms with E-state index in [1.54, 1.807) is 6.20 Å². The Labute approximate surface area is 147 Å². The lowest BCUT2D eigenvalue weighted by Gasteiger charge is -2.27. The van der Waals surface area contributed by atoms with Crippen molar-refractivity contribution in [1.82, 2.24) is 9.97 Å². The number of rotatable bonds is 3. The molecule has 1 aromatic carbocycles. The Balaban J connectivity index is 1.50. The Morgan fingerprint density at radius 2 is 2.04 bits per heavy atom. The van der Waals surface area contributed by atoms with E-state index in [0.29, 0.717) is 25.0 Å². The van der Waals surface area contributed by atoms with E-state index < -0.39 is 0 Å². The number of amides is 1. The molecule has 0 spiro atoms. The van der Waals surface area contributed by atoms with Crippen molar-refractivity contribution in [2.24, 2.45) is 0 Å². The molecule has 130 valence electrons. The number of para-hydroxylation sites is 1. The maximum absolute atomic E-state index is 12.8. The highest BCUT2D eigenvalue weighted by Gasteiger charge is 2.29. The van der Waals surface area contributed by atoms with Gasteiger partial charge in [-0.2, -0.15) is 0 Å². The van der Waals surface area contributed by atoms with Crippen molar-refractivity contribution in [3.05, 3.63) is 47.9 Å². The lowest BCUT2D eigenvalue weighted by molar-refractivity contribution is -0.118. The summed E-state index contributed by atoms with van der Waals surface area (Å²) >= 11 is 0. The standard InChI is InChI=1S/C19H22N4O2/c1-14-13-23(16-5-3-2-4-15(14)16)19(24)12-17-20-7-6-18(21-17)22-8-10-25-11-9-22/h2-7,14H,8-13H2,1H3. The van der Waals surface area contributed by atoms with Crippen LogP contribution >= 0.6 is 0 Å². The molecule has 0 N–H and O–H groups in total. The van der Waals surface area contributed by atoms with E-state index in [9.17, 15) is 4.79 Å². The Hall–Kier alpha value is -2.47. The van der Waals surface area contributed by atoms with Crippen LogP contribution in [-0.4, -0.2) is 48.7 Å². The minimum absolute atomic E-state index is 0.0518. The van der Waals surface area contributed by atoms with E-state index in [-0.39, 0.29) is 12.3 Å². The van der Waals surface area contributed by atoms with Gasteiger partial charge in [-0.25, -0.2) is 9.97 Å². The van der Waals surface area contributed by atoms with E-state index in [1.165, 1.54) is 5.56 Å². The number of carbonyl (C=O) groups is 1. The molecule has 2 aliphatic rings. The number of ether oxygens (including phenoxy) is 1. The molecule has 6 heteroatoms. The number of fused-ring (bicyclic) bond motifs is 1. The average molecular weight is 338 g/mol. The average Bonchev–Trinajstić information content (AvgIpc) is 3.00. The molecule has 25 heavy (non-hydrogen) atoms. The number of anilines is 2. The summed E-state index contributed by atoms with van der Waals surface area (Å²) < 4.78 is 5.38. The number of aromatic nitrogens is 2. The minimum Gasteiger partial charge on any atom is -0.378 e. The monoisotopic (exact) mass is 338 g/mol. The normalized spacial score (nSPS) is 19.8. The molecule has 4 rings (SSSR count). The van der Waals surface area contributed by atoms with Gasteiger partial charge in [0.2, 0.25) is 5.91 Å². The van der Waals surface area contributed by atoms with Gasteiger partial charge in [0.1, 0.15) is 11.6 Å². The molecule has 1 aromatic heterocycles. The molecule has 0 radical (unpaired) electrons. The van der Waals surface area contributed by atoms with Crippen LogP contribution in [0, 0.1) is 0 Å². The van der Waals surface area contributed by atoms with Crippen molar-refractivity contribution >= 4 is 17.4 Å². The Morgan fingerprint density at radius 1 is 1.24 bits per heavy atom. The fourth-order valence-electron chi connectivity index (χ4n) is 3.53. The third-order valence-corrected chi connectivity index (χ3v) is 4.85. The van der Waals surface area contributed by atoms with Gasteiger partial charge in [0, 0.05) is 37.4 Å². The summed E-state index contributed by atoms with van der Waals surface area (Å²) in [5.74, 6) is 1.86. The second-order valence-corrected chi connectivity index (χ2v) is 6.57. The molecule has 0 aliphatic carbocycles. The first-order chi connectivity index (χ1) is 12.2. The van der Waals surface area contributed by atoms with Gasteiger partial charge in [0.15, 0.2) is 0 Å². The zero-order valence-electron chi connectivity index (χ0n) is 14.4. The Kier molecular flexibility index (Phi) is 4.36. The number of carbonyl (C=O) groups excluding carboxylic acids is 1. The van der Waals surface area contributed by atoms with Crippen LogP contribution in [-0.2, 0) is 16.0 Å². The summed E-state index contributed by atoms with van der Waals surface area (Å²) in [4.78, 5) is 25.8. The van der Waals surface area contributed by atoms with Crippen molar-refractivity contribution in [2.45, 2.75) is 19.3 Å². The number of morpholine rings is 1. The van der Waals surface area contributed by atoms with Gasteiger partial charge < -0.3 is 14.5 Å². The summed E-state index contributed by atoms with van der Waals surface area (Å²) in [6, 6.07) is 10.0. The molecule has 0 saturated carbocycles. The number of hydrogen-bond acceptors (Lipinski definition) is 5. The van der Waals surface area contributed by atoms with Crippen LogP contribution in [0.5, 0.6) is 0 Å². The SMILES string of the molecule is CC1CN(C(=O)Cc2nccc(N3CCOCC3)n2)c2ccccc21. The molecule has 1 saturated heterocycles. The maximum atomic E-state index is 12.8. The van der Waals surface area contributed by atoms with Gasteiger partial charge in [0.05, 0.1) is 19.6 Å². The predicted octanol–water partition coefficient (Wildman–Crippen LogP) is 2.01. The molecule has 1 fully saturated rings. The first kappa shape index (κ1) is 16.0. The molecular weight excluding hydrogens is 316 g/mol. The van der Waals surface area contributed by atoms with E-state index in [0.717, 1.165) is 31.1 Å². The summed E-state index contributed by atoms with van der Waals surface area (Å²) in [5, 5.41) is 0. The van der Waals surface area contributed by atoms with Crippen LogP contribution in [0.2, 0.25) is 0 Å². The molecule has 1 atom stereocenters. The lowest BCUT2D eigenvalue weighted by Crippen LogP contribution is -2.37. The molecule has 0 bridgehead atoms. The zero-order chi connectivity index (χ0) is 17.2. The van der Waals surface area contributed by atoms with E-state index in [1.807, 2.05) is 29.2 Å². The molecule has 2 aliphatic heterocycles. The number of hydrogen-bond donors (Lipinski definition) is 0. The lowest BCUT2D eigenvalue weighted by atomic mass is 10.0. The van der Waals surface area contributed by atoms with Crippen LogP contribution in [0.4, 0.5) is 11.5 Å². The second kappa shape index (κ2) is 6.80. The van der Waals surface area contributed by atoms with Crippen molar-refractivity contribution < 1.29 is 9.53 Å². The quantitative estimate of drug-likeness (QED) is 0.857. The summed E-state index contributed by atoms with van der Waals surface area (Å²) in [6.45, 7) is 5.94.